The van der Waals surface area contributed by atoms with E-state index in [0.717, 1.165) is 26.2 Å². The molecule has 0 spiro atoms. The van der Waals surface area contributed by atoms with Crippen molar-refractivity contribution >= 4 is 17.2 Å². The zero-order valence-corrected chi connectivity index (χ0v) is 19.3. The van der Waals surface area contributed by atoms with Gasteiger partial charge in [0.1, 0.15) is 11.5 Å². The monoisotopic (exact) mass is 469 g/mol. The van der Waals surface area contributed by atoms with E-state index >= 15 is 0 Å². The highest BCUT2D eigenvalue weighted by Gasteiger charge is 2.16. The van der Waals surface area contributed by atoms with Gasteiger partial charge in [0.15, 0.2) is 5.65 Å². The van der Waals surface area contributed by atoms with Crippen LogP contribution < -0.4 is 5.32 Å². The number of hydrogen-bond donors (Lipinski definition) is 1. The van der Waals surface area contributed by atoms with Crippen LogP contribution in [0.3, 0.4) is 0 Å². The molecule has 1 saturated heterocycles. The predicted molar refractivity (Wildman–Crippen MR) is 130 cm³/mol. The SMILES string of the molecule is CN1CCN(Cc2ccc(NC(=O)c3cncc(C#Cc4cnc5cccnn45)c3)cc2F)CC1. The lowest BCUT2D eigenvalue weighted by Gasteiger charge is -2.32. The van der Waals surface area contributed by atoms with Crippen molar-refractivity contribution in [3.05, 3.63) is 89.4 Å². The first kappa shape index (κ1) is 22.7. The van der Waals surface area contributed by atoms with Crippen molar-refractivity contribution in [3.63, 3.8) is 0 Å². The maximum absolute atomic E-state index is 14.7. The fourth-order valence-electron chi connectivity index (χ4n) is 3.89. The number of carbonyl (C=O) groups excluding carboxylic acids is 1. The predicted octanol–water partition coefficient (Wildman–Crippen LogP) is 2.66. The van der Waals surface area contributed by atoms with Crippen LogP contribution >= 0.6 is 0 Å². The Bertz CT molecular complexity index is 1430. The topological polar surface area (TPSA) is 78.7 Å². The molecule has 1 aliphatic heterocycles. The fraction of sp³-hybridized carbons (Fsp3) is 0.231. The third-order valence-electron chi connectivity index (χ3n) is 5.91. The highest BCUT2D eigenvalue weighted by atomic mass is 19.1. The lowest BCUT2D eigenvalue weighted by molar-refractivity contribution is 0.102. The molecule has 35 heavy (non-hydrogen) atoms. The smallest absolute Gasteiger partial charge is 0.257 e. The van der Waals surface area contributed by atoms with Crippen LogP contribution in [-0.4, -0.2) is 68.5 Å². The first-order valence-electron chi connectivity index (χ1n) is 11.3. The van der Waals surface area contributed by atoms with E-state index in [1.54, 1.807) is 47.4 Å². The Morgan fingerprint density at radius 1 is 1.09 bits per heavy atom. The van der Waals surface area contributed by atoms with E-state index in [2.05, 4.69) is 49.1 Å². The van der Waals surface area contributed by atoms with E-state index in [4.69, 9.17) is 0 Å². The van der Waals surface area contributed by atoms with E-state index in [0.29, 0.717) is 40.3 Å². The second kappa shape index (κ2) is 10.0. The Morgan fingerprint density at radius 2 is 1.94 bits per heavy atom. The molecule has 0 saturated carbocycles. The van der Waals surface area contributed by atoms with Gasteiger partial charge in [0.25, 0.3) is 5.91 Å². The maximum Gasteiger partial charge on any atom is 0.257 e. The molecule has 8 nitrogen and oxygen atoms in total. The van der Waals surface area contributed by atoms with Gasteiger partial charge in [0.05, 0.1) is 11.8 Å². The standard InChI is InChI=1S/C26H24FN7O/c1-32-9-11-33(12-10-32)18-20-5-6-22(14-24(20)27)31-26(35)21-13-19(15-28-16-21)4-7-23-17-29-25-3-2-8-30-34(23)25/h2-3,5-6,8,13-17H,9-12,18H2,1H3,(H,31,35). The molecular formula is C26H24FN7O. The van der Waals surface area contributed by atoms with Crippen LogP contribution in [0.4, 0.5) is 10.1 Å². The van der Waals surface area contributed by atoms with E-state index in [-0.39, 0.29) is 11.7 Å². The van der Waals surface area contributed by atoms with Crippen molar-refractivity contribution in [1.82, 2.24) is 29.4 Å². The molecule has 4 heterocycles. The number of benzene rings is 1. The number of piperazine rings is 1. The molecule has 1 N–H and O–H groups in total. The van der Waals surface area contributed by atoms with Crippen LogP contribution in [0.2, 0.25) is 0 Å². The maximum atomic E-state index is 14.7. The first-order chi connectivity index (χ1) is 17.0. The van der Waals surface area contributed by atoms with Crippen LogP contribution in [-0.2, 0) is 6.54 Å². The van der Waals surface area contributed by atoms with Crippen molar-refractivity contribution < 1.29 is 9.18 Å². The lowest BCUT2D eigenvalue weighted by Crippen LogP contribution is -2.44. The van der Waals surface area contributed by atoms with Gasteiger partial charge in [-0.05, 0) is 43.3 Å². The van der Waals surface area contributed by atoms with Gasteiger partial charge in [-0.3, -0.25) is 14.7 Å². The van der Waals surface area contributed by atoms with Gasteiger partial charge >= 0.3 is 0 Å². The van der Waals surface area contributed by atoms with E-state index < -0.39 is 0 Å². The summed E-state index contributed by atoms with van der Waals surface area (Å²) in [5.41, 5.74) is 3.23. The molecule has 1 aliphatic rings. The number of imidazole rings is 1. The number of carbonyl (C=O) groups is 1. The number of fused-ring (bicyclic) bond motifs is 1. The van der Waals surface area contributed by atoms with Gasteiger partial charge in [-0.1, -0.05) is 12.0 Å². The third-order valence-corrected chi connectivity index (χ3v) is 5.91. The summed E-state index contributed by atoms with van der Waals surface area (Å²) >= 11 is 0. The number of hydrogen-bond acceptors (Lipinski definition) is 6. The van der Waals surface area contributed by atoms with E-state index in [1.807, 2.05) is 6.07 Å². The largest absolute Gasteiger partial charge is 0.322 e. The highest BCUT2D eigenvalue weighted by molar-refractivity contribution is 6.04. The van der Waals surface area contributed by atoms with Gasteiger partial charge in [0.2, 0.25) is 0 Å². The summed E-state index contributed by atoms with van der Waals surface area (Å²) in [5.74, 6) is 5.29. The molecule has 0 radical (unpaired) electrons. The molecule has 1 fully saturated rings. The number of nitrogens with one attached hydrogen (secondary N) is 1. The normalized spacial score (nSPS) is 14.5. The average Bonchev–Trinajstić information content (AvgIpc) is 3.29. The molecule has 0 bridgehead atoms. The molecule has 9 heteroatoms. The molecule has 0 atom stereocenters. The van der Waals surface area contributed by atoms with Crippen LogP contribution in [0.5, 0.6) is 0 Å². The number of anilines is 1. The summed E-state index contributed by atoms with van der Waals surface area (Å²) in [7, 11) is 2.09. The van der Waals surface area contributed by atoms with Crippen molar-refractivity contribution in [1.29, 1.82) is 0 Å². The first-order valence-corrected chi connectivity index (χ1v) is 11.3. The summed E-state index contributed by atoms with van der Waals surface area (Å²) in [5, 5.41) is 6.98. The molecular weight excluding hydrogens is 445 g/mol. The van der Waals surface area contributed by atoms with Gasteiger partial charge in [-0.2, -0.15) is 5.10 Å². The van der Waals surface area contributed by atoms with Gasteiger partial charge in [-0.15, -0.1) is 0 Å². The minimum absolute atomic E-state index is 0.329. The van der Waals surface area contributed by atoms with Crippen LogP contribution in [0, 0.1) is 17.7 Å². The molecule has 3 aromatic heterocycles. The number of amides is 1. The summed E-state index contributed by atoms with van der Waals surface area (Å²) < 4.78 is 16.4. The van der Waals surface area contributed by atoms with Gasteiger partial charge in [-0.25, -0.2) is 13.9 Å². The quantitative estimate of drug-likeness (QED) is 0.463. The zero-order chi connectivity index (χ0) is 24.2. The molecule has 0 aliphatic carbocycles. The summed E-state index contributed by atoms with van der Waals surface area (Å²) in [4.78, 5) is 25.6. The van der Waals surface area contributed by atoms with Gasteiger partial charge < -0.3 is 10.2 Å². The van der Waals surface area contributed by atoms with E-state index in [9.17, 15) is 9.18 Å². The Hall–Kier alpha value is -4.13. The number of pyridine rings is 1. The van der Waals surface area contributed by atoms with Crippen LogP contribution in [0.25, 0.3) is 5.65 Å². The second-order valence-electron chi connectivity index (χ2n) is 8.49. The molecule has 1 aromatic carbocycles. The zero-order valence-electron chi connectivity index (χ0n) is 19.3. The number of halogens is 1. The Kier molecular flexibility index (Phi) is 6.48. The molecule has 1 amide bonds. The summed E-state index contributed by atoms with van der Waals surface area (Å²) in [6.45, 7) is 4.33. The Morgan fingerprint density at radius 3 is 2.77 bits per heavy atom. The Labute approximate surface area is 202 Å². The second-order valence-corrected chi connectivity index (χ2v) is 8.49. The summed E-state index contributed by atoms with van der Waals surface area (Å²) in [6.07, 6.45) is 6.33. The van der Waals surface area contributed by atoms with Crippen molar-refractivity contribution in [2.75, 3.05) is 38.5 Å². The van der Waals surface area contributed by atoms with Gasteiger partial charge in [0, 0.05) is 68.1 Å². The number of nitrogens with zero attached hydrogens (tertiary/aromatic N) is 6. The lowest BCUT2D eigenvalue weighted by atomic mass is 10.1. The summed E-state index contributed by atoms with van der Waals surface area (Å²) in [6, 6.07) is 10.1. The molecule has 176 valence electrons. The number of likely N-dealkylation sites (N-methyl/N-ethyl adjacent to an activating group) is 1. The molecule has 0 unspecified atom stereocenters. The number of rotatable bonds is 4. The van der Waals surface area contributed by atoms with Crippen molar-refractivity contribution in [2.45, 2.75) is 6.54 Å². The average molecular weight is 470 g/mol. The van der Waals surface area contributed by atoms with Crippen LogP contribution in [0.1, 0.15) is 27.2 Å². The minimum atomic E-state index is -0.385. The van der Waals surface area contributed by atoms with Crippen molar-refractivity contribution in [2.24, 2.45) is 0 Å². The van der Waals surface area contributed by atoms with Crippen LogP contribution in [0.15, 0.2) is 61.2 Å². The van der Waals surface area contributed by atoms with Crippen molar-refractivity contribution in [3.8, 4) is 11.8 Å². The highest BCUT2D eigenvalue weighted by Crippen LogP contribution is 2.18. The fourth-order valence-corrected chi connectivity index (χ4v) is 3.89. The Balaban J connectivity index is 1.26. The minimum Gasteiger partial charge on any atom is -0.322 e. The molecule has 5 rings (SSSR count). The van der Waals surface area contributed by atoms with E-state index in [1.165, 1.54) is 12.3 Å². The molecule has 4 aromatic rings. The third kappa shape index (κ3) is 5.35. The number of aromatic nitrogens is 4.